The van der Waals surface area contributed by atoms with Crippen LogP contribution in [0.15, 0.2) is 67.0 Å². The standard InChI is InChI=1S/C32H38FN3O6Si/c1-32(2,3)43(5,6)42-30(25-19-26(33)21-34-20-25)29(10-8-7-9-23-11-15-27(16-12-23)36(39)40)35(31(37)38)22-24-13-17-28(41-4)18-14-24/h11-21,29-30H,8,10,22H2,1-6H3,(H,37,38)/t29-,30-/m1/s1. The fourth-order valence-corrected chi connectivity index (χ4v) is 5.50. The molecule has 228 valence electrons. The molecule has 2 aromatic carbocycles. The van der Waals surface area contributed by atoms with Crippen molar-refractivity contribution in [1.29, 1.82) is 0 Å². The molecule has 2 atom stereocenters. The Hall–Kier alpha value is -4.27. The molecule has 11 heteroatoms. The highest BCUT2D eigenvalue weighted by atomic mass is 28.4. The van der Waals surface area contributed by atoms with Crippen molar-refractivity contribution >= 4 is 20.1 Å². The monoisotopic (exact) mass is 607 g/mol. The van der Waals surface area contributed by atoms with E-state index in [4.69, 9.17) is 9.16 Å². The quantitative estimate of drug-likeness (QED) is 0.103. The van der Waals surface area contributed by atoms with E-state index < -0.39 is 37.3 Å². The molecule has 0 saturated carbocycles. The minimum atomic E-state index is -2.51. The number of hydrogen-bond donors (Lipinski definition) is 1. The van der Waals surface area contributed by atoms with Gasteiger partial charge in [0.25, 0.3) is 5.69 Å². The Balaban J connectivity index is 2.04. The first-order valence-electron chi connectivity index (χ1n) is 13.9. The Kier molecular flexibility index (Phi) is 11.0. The molecular formula is C32H38FN3O6Si. The Bertz CT molecular complexity index is 1460. The van der Waals surface area contributed by atoms with Crippen LogP contribution in [0.4, 0.5) is 14.9 Å². The molecule has 0 bridgehead atoms. The number of ether oxygens (including phenoxy) is 1. The molecule has 1 amide bonds. The van der Waals surface area contributed by atoms with Crippen LogP contribution in [0.3, 0.4) is 0 Å². The summed E-state index contributed by atoms with van der Waals surface area (Å²) in [4.78, 5) is 28.7. The molecule has 3 rings (SSSR count). The maximum atomic E-state index is 14.5. The van der Waals surface area contributed by atoms with E-state index in [1.807, 2.05) is 0 Å². The molecule has 0 aliphatic heterocycles. The number of pyridine rings is 1. The van der Waals surface area contributed by atoms with Crippen molar-refractivity contribution in [3.63, 3.8) is 0 Å². The minimum Gasteiger partial charge on any atom is -0.497 e. The third-order valence-electron chi connectivity index (χ3n) is 7.67. The maximum Gasteiger partial charge on any atom is 0.407 e. The van der Waals surface area contributed by atoms with Crippen LogP contribution in [0.25, 0.3) is 0 Å². The lowest BCUT2D eigenvalue weighted by Crippen LogP contribution is -2.49. The van der Waals surface area contributed by atoms with E-state index in [2.05, 4.69) is 50.7 Å². The minimum absolute atomic E-state index is 0.0319. The fraction of sp³-hybridized carbons (Fsp3) is 0.375. The summed E-state index contributed by atoms with van der Waals surface area (Å²) in [5.74, 6) is 6.18. The number of nitro groups is 1. The molecule has 1 N–H and O–H groups in total. The van der Waals surface area contributed by atoms with Gasteiger partial charge in [-0.2, -0.15) is 0 Å². The number of amides is 1. The summed E-state index contributed by atoms with van der Waals surface area (Å²) >= 11 is 0. The van der Waals surface area contributed by atoms with Crippen molar-refractivity contribution in [2.45, 2.75) is 70.4 Å². The predicted molar refractivity (Wildman–Crippen MR) is 165 cm³/mol. The van der Waals surface area contributed by atoms with Gasteiger partial charge in [-0.15, -0.1) is 0 Å². The lowest BCUT2D eigenvalue weighted by molar-refractivity contribution is -0.384. The van der Waals surface area contributed by atoms with Gasteiger partial charge in [-0.25, -0.2) is 9.18 Å². The number of hydrogen-bond acceptors (Lipinski definition) is 6. The summed E-state index contributed by atoms with van der Waals surface area (Å²) < 4.78 is 26.6. The van der Waals surface area contributed by atoms with Crippen molar-refractivity contribution in [1.82, 2.24) is 9.88 Å². The molecule has 0 radical (unpaired) electrons. The van der Waals surface area contributed by atoms with E-state index in [1.165, 1.54) is 29.3 Å². The van der Waals surface area contributed by atoms with Gasteiger partial charge < -0.3 is 14.3 Å². The summed E-state index contributed by atoms with van der Waals surface area (Å²) in [7, 11) is -0.951. The molecule has 0 aliphatic rings. The molecular weight excluding hydrogens is 569 g/mol. The summed E-state index contributed by atoms with van der Waals surface area (Å²) in [6, 6.07) is 13.6. The fourth-order valence-electron chi connectivity index (χ4n) is 4.22. The van der Waals surface area contributed by atoms with Gasteiger partial charge in [0.15, 0.2) is 8.32 Å². The molecule has 0 unspecified atom stereocenters. The third kappa shape index (κ3) is 9.10. The number of nitro benzene ring substituents is 1. The first-order chi connectivity index (χ1) is 20.2. The van der Waals surface area contributed by atoms with Crippen LogP contribution < -0.4 is 4.74 Å². The van der Waals surface area contributed by atoms with Gasteiger partial charge in [-0.05, 0) is 60.4 Å². The number of rotatable bonds is 11. The van der Waals surface area contributed by atoms with Crippen LogP contribution in [0.2, 0.25) is 18.1 Å². The van der Waals surface area contributed by atoms with Crippen molar-refractivity contribution in [3.8, 4) is 17.6 Å². The lowest BCUT2D eigenvalue weighted by atomic mass is 9.97. The number of benzene rings is 2. The second-order valence-corrected chi connectivity index (χ2v) is 16.5. The van der Waals surface area contributed by atoms with Crippen LogP contribution in [0.5, 0.6) is 5.75 Å². The summed E-state index contributed by atoms with van der Waals surface area (Å²) in [6.45, 7) is 10.4. The number of halogens is 1. The van der Waals surface area contributed by atoms with Gasteiger partial charge in [0.05, 0.1) is 30.4 Å². The normalized spacial score (nSPS) is 12.9. The Morgan fingerprint density at radius 2 is 1.79 bits per heavy atom. The van der Waals surface area contributed by atoms with Crippen LogP contribution in [-0.4, -0.2) is 47.5 Å². The Morgan fingerprint density at radius 1 is 1.14 bits per heavy atom. The van der Waals surface area contributed by atoms with Crippen molar-refractivity contribution in [2.24, 2.45) is 0 Å². The second-order valence-electron chi connectivity index (χ2n) is 11.7. The summed E-state index contributed by atoms with van der Waals surface area (Å²) in [5.41, 5.74) is 1.75. The van der Waals surface area contributed by atoms with Gasteiger partial charge in [0.1, 0.15) is 11.6 Å². The molecule has 0 aliphatic carbocycles. The molecule has 3 aromatic rings. The van der Waals surface area contributed by atoms with Crippen LogP contribution in [0, 0.1) is 27.8 Å². The zero-order valence-electron chi connectivity index (χ0n) is 25.3. The van der Waals surface area contributed by atoms with Crippen LogP contribution >= 0.6 is 0 Å². The van der Waals surface area contributed by atoms with Gasteiger partial charge in [-0.1, -0.05) is 44.7 Å². The van der Waals surface area contributed by atoms with E-state index in [-0.39, 0.29) is 30.1 Å². The largest absolute Gasteiger partial charge is 0.497 e. The molecule has 1 heterocycles. The lowest BCUT2D eigenvalue weighted by Gasteiger charge is -2.43. The molecule has 1 aromatic heterocycles. The zero-order valence-corrected chi connectivity index (χ0v) is 26.3. The van der Waals surface area contributed by atoms with Crippen molar-refractivity contribution < 1.29 is 28.4 Å². The number of non-ortho nitro benzene ring substituents is 1. The highest BCUT2D eigenvalue weighted by Crippen LogP contribution is 2.42. The van der Waals surface area contributed by atoms with E-state index in [0.29, 0.717) is 16.9 Å². The van der Waals surface area contributed by atoms with E-state index in [9.17, 15) is 24.4 Å². The number of methoxy groups -OCH3 is 1. The van der Waals surface area contributed by atoms with E-state index in [1.54, 1.807) is 43.5 Å². The molecule has 9 nitrogen and oxygen atoms in total. The van der Waals surface area contributed by atoms with Crippen LogP contribution in [0.1, 0.15) is 56.4 Å². The smallest absolute Gasteiger partial charge is 0.407 e. The Labute approximate surface area is 253 Å². The Morgan fingerprint density at radius 3 is 2.33 bits per heavy atom. The van der Waals surface area contributed by atoms with Gasteiger partial charge in [-0.3, -0.25) is 20.0 Å². The maximum absolute atomic E-state index is 14.5. The van der Waals surface area contributed by atoms with Gasteiger partial charge in [0.2, 0.25) is 0 Å². The first-order valence-corrected chi connectivity index (χ1v) is 16.8. The van der Waals surface area contributed by atoms with Gasteiger partial charge in [0, 0.05) is 42.4 Å². The molecule has 0 spiro atoms. The zero-order chi connectivity index (χ0) is 31.8. The summed E-state index contributed by atoms with van der Waals surface area (Å²) in [6.07, 6.45) is 1.21. The summed E-state index contributed by atoms with van der Waals surface area (Å²) in [5, 5.41) is 21.2. The SMILES string of the molecule is COc1ccc(CN(C(=O)O)[C@H](CCC#Cc2ccc([N+](=O)[O-])cc2)[C@H](O[Si](C)(C)C(C)(C)C)c2cncc(F)c2)cc1. The highest BCUT2D eigenvalue weighted by molar-refractivity contribution is 6.74. The number of nitrogens with zero attached hydrogens (tertiary/aromatic N) is 3. The average Bonchev–Trinajstić information content (AvgIpc) is 2.95. The molecule has 0 fully saturated rings. The average molecular weight is 608 g/mol. The van der Waals surface area contributed by atoms with Crippen molar-refractivity contribution in [3.05, 3.63) is 99.6 Å². The van der Waals surface area contributed by atoms with Crippen LogP contribution in [-0.2, 0) is 11.0 Å². The first kappa shape index (κ1) is 33.2. The van der Waals surface area contributed by atoms with Gasteiger partial charge >= 0.3 is 6.09 Å². The molecule has 43 heavy (non-hydrogen) atoms. The predicted octanol–water partition coefficient (Wildman–Crippen LogP) is 7.58. The van der Waals surface area contributed by atoms with E-state index >= 15 is 0 Å². The molecule has 0 saturated heterocycles. The van der Waals surface area contributed by atoms with E-state index in [0.717, 1.165) is 11.8 Å². The number of aromatic nitrogens is 1. The number of carboxylic acid groups (broad SMARTS) is 1. The number of carbonyl (C=O) groups is 1. The highest BCUT2D eigenvalue weighted by Gasteiger charge is 2.43. The second kappa shape index (κ2) is 14.3. The van der Waals surface area contributed by atoms with Crippen molar-refractivity contribution in [2.75, 3.05) is 7.11 Å². The topological polar surface area (TPSA) is 115 Å². The third-order valence-corrected chi connectivity index (χ3v) is 12.1.